The molecule has 1 N–H and O–H groups in total. The Hall–Kier alpha value is -0.0500. The van der Waals surface area contributed by atoms with Crippen molar-refractivity contribution in [3.63, 3.8) is 0 Å². The molecule has 0 aromatic carbocycles. The maximum atomic E-state index is 11.7. The Labute approximate surface area is 87.6 Å². The highest BCUT2D eigenvalue weighted by molar-refractivity contribution is 9.09. The number of alkyl halides is 1. The van der Waals surface area contributed by atoms with Gasteiger partial charge in [0, 0.05) is 16.8 Å². The molecule has 0 aliphatic heterocycles. The summed E-state index contributed by atoms with van der Waals surface area (Å²) in [6.45, 7) is 2.14. The van der Waals surface area contributed by atoms with Crippen molar-refractivity contribution in [3.05, 3.63) is 0 Å². The minimum atomic E-state index is 0.111. The Morgan fingerprint density at radius 1 is 1.62 bits per heavy atom. The van der Waals surface area contributed by atoms with Crippen molar-refractivity contribution < 1.29 is 4.79 Å². The van der Waals surface area contributed by atoms with Gasteiger partial charge in [-0.2, -0.15) is 0 Å². The van der Waals surface area contributed by atoms with E-state index in [1.807, 2.05) is 0 Å². The minimum absolute atomic E-state index is 0.111. The van der Waals surface area contributed by atoms with Gasteiger partial charge in [0.15, 0.2) is 0 Å². The first kappa shape index (κ1) is 9.50. The lowest BCUT2D eigenvalue weighted by Crippen LogP contribution is -2.55. The average Bonchev–Trinajstić information content (AvgIpc) is 2.75. The van der Waals surface area contributed by atoms with Gasteiger partial charge in [-0.05, 0) is 31.6 Å². The summed E-state index contributed by atoms with van der Waals surface area (Å²) in [6.07, 6.45) is 4.63. The van der Waals surface area contributed by atoms with E-state index in [9.17, 15) is 4.79 Å². The Morgan fingerprint density at radius 2 is 2.23 bits per heavy atom. The van der Waals surface area contributed by atoms with E-state index in [0.29, 0.717) is 11.8 Å². The van der Waals surface area contributed by atoms with Crippen LogP contribution in [0.15, 0.2) is 0 Å². The molecule has 13 heavy (non-hydrogen) atoms. The van der Waals surface area contributed by atoms with Crippen molar-refractivity contribution in [2.24, 2.45) is 11.8 Å². The lowest BCUT2D eigenvalue weighted by Gasteiger charge is -2.41. The fraction of sp³-hybridized carbons (Fsp3) is 0.900. The van der Waals surface area contributed by atoms with Crippen LogP contribution >= 0.6 is 15.9 Å². The van der Waals surface area contributed by atoms with Crippen molar-refractivity contribution in [3.8, 4) is 0 Å². The molecule has 2 unspecified atom stereocenters. The summed E-state index contributed by atoms with van der Waals surface area (Å²) in [5.74, 6) is 1.22. The van der Waals surface area contributed by atoms with Crippen LogP contribution in [-0.4, -0.2) is 16.8 Å². The fourth-order valence-electron chi connectivity index (χ4n) is 1.94. The van der Waals surface area contributed by atoms with Crippen LogP contribution in [-0.2, 0) is 4.79 Å². The zero-order chi connectivity index (χ0) is 9.47. The molecule has 0 saturated heterocycles. The highest BCUT2D eigenvalue weighted by Gasteiger charge is 2.44. The molecule has 0 aromatic heterocycles. The molecule has 2 aliphatic carbocycles. The predicted molar refractivity (Wildman–Crippen MR) is 55.8 cm³/mol. The molecule has 74 valence electrons. The summed E-state index contributed by atoms with van der Waals surface area (Å²) in [5, 5.41) is 4.10. The second-order valence-electron chi connectivity index (χ2n) is 4.58. The topological polar surface area (TPSA) is 29.1 Å². The molecule has 2 atom stereocenters. The van der Waals surface area contributed by atoms with Gasteiger partial charge in [-0.1, -0.05) is 22.9 Å². The monoisotopic (exact) mass is 245 g/mol. The number of hydrogen-bond acceptors (Lipinski definition) is 1. The van der Waals surface area contributed by atoms with E-state index in [-0.39, 0.29) is 11.4 Å². The van der Waals surface area contributed by atoms with Gasteiger partial charge < -0.3 is 5.32 Å². The molecule has 2 saturated carbocycles. The van der Waals surface area contributed by atoms with Crippen LogP contribution in [0.1, 0.15) is 32.6 Å². The molecular weight excluding hydrogens is 230 g/mol. The summed E-state index contributed by atoms with van der Waals surface area (Å²) in [7, 11) is 0. The van der Waals surface area contributed by atoms with E-state index in [2.05, 4.69) is 28.2 Å². The highest BCUT2D eigenvalue weighted by atomic mass is 79.9. The number of hydrogen-bond donors (Lipinski definition) is 1. The van der Waals surface area contributed by atoms with E-state index in [4.69, 9.17) is 0 Å². The van der Waals surface area contributed by atoms with Gasteiger partial charge >= 0.3 is 0 Å². The maximum Gasteiger partial charge on any atom is 0.223 e. The van der Waals surface area contributed by atoms with E-state index >= 15 is 0 Å². The maximum absolute atomic E-state index is 11.7. The molecule has 1 amide bonds. The number of carbonyl (C=O) groups excluding carboxylic acids is 1. The van der Waals surface area contributed by atoms with Crippen molar-refractivity contribution in [2.45, 2.75) is 38.1 Å². The Bertz CT molecular complexity index is 219. The van der Waals surface area contributed by atoms with Gasteiger partial charge in [0.1, 0.15) is 0 Å². The normalized spacial score (nSPS) is 34.9. The van der Waals surface area contributed by atoms with Crippen LogP contribution in [0.5, 0.6) is 0 Å². The van der Waals surface area contributed by atoms with Crippen LogP contribution in [0.2, 0.25) is 0 Å². The summed E-state index contributed by atoms with van der Waals surface area (Å²) in [6, 6.07) is 0. The smallest absolute Gasteiger partial charge is 0.223 e. The first-order valence-electron chi connectivity index (χ1n) is 5.05. The molecule has 2 fully saturated rings. The largest absolute Gasteiger partial charge is 0.350 e. The number of amides is 1. The van der Waals surface area contributed by atoms with Crippen molar-refractivity contribution in [1.82, 2.24) is 5.32 Å². The van der Waals surface area contributed by atoms with Crippen LogP contribution < -0.4 is 5.32 Å². The molecule has 2 aliphatic rings. The Morgan fingerprint density at radius 3 is 2.54 bits per heavy atom. The van der Waals surface area contributed by atoms with Gasteiger partial charge in [-0.15, -0.1) is 0 Å². The summed E-state index contributed by atoms with van der Waals surface area (Å²) in [4.78, 5) is 11.7. The predicted octanol–water partition coefficient (Wildman–Crippen LogP) is 2.08. The molecular formula is C10H16BrNO. The molecule has 0 bridgehead atoms. The van der Waals surface area contributed by atoms with Crippen molar-refractivity contribution in [2.75, 3.05) is 5.33 Å². The number of nitrogens with one attached hydrogen (secondary N) is 1. The van der Waals surface area contributed by atoms with Crippen molar-refractivity contribution >= 4 is 21.8 Å². The third-order valence-electron chi connectivity index (χ3n) is 3.40. The summed E-state index contributed by atoms with van der Waals surface area (Å²) >= 11 is 3.48. The lowest BCUT2D eigenvalue weighted by atomic mass is 9.78. The Kier molecular flexibility index (Phi) is 2.39. The van der Waals surface area contributed by atoms with E-state index in [1.165, 1.54) is 6.42 Å². The molecule has 3 heteroatoms. The fourth-order valence-corrected chi connectivity index (χ4v) is 2.64. The number of carbonyl (C=O) groups is 1. The quantitative estimate of drug-likeness (QED) is 0.759. The van der Waals surface area contributed by atoms with Gasteiger partial charge in [0.05, 0.1) is 0 Å². The van der Waals surface area contributed by atoms with Crippen LogP contribution in [0.4, 0.5) is 0 Å². The molecule has 2 rings (SSSR count). The van der Waals surface area contributed by atoms with Crippen molar-refractivity contribution in [1.29, 1.82) is 0 Å². The van der Waals surface area contributed by atoms with E-state index in [1.54, 1.807) is 0 Å². The zero-order valence-electron chi connectivity index (χ0n) is 7.98. The molecule has 2 nitrogen and oxygen atoms in total. The second-order valence-corrected chi connectivity index (χ2v) is 5.14. The molecule has 0 heterocycles. The van der Waals surface area contributed by atoms with E-state index < -0.39 is 0 Å². The van der Waals surface area contributed by atoms with Crippen LogP contribution in [0, 0.1) is 11.8 Å². The van der Waals surface area contributed by atoms with Crippen LogP contribution in [0.3, 0.4) is 0 Å². The molecule has 0 aromatic rings. The lowest BCUT2D eigenvalue weighted by molar-refractivity contribution is -0.125. The molecule has 0 radical (unpaired) electrons. The third-order valence-corrected chi connectivity index (χ3v) is 4.47. The SMILES string of the molecule is CC1CC1C(=O)NC1(CBr)CCC1. The number of halogens is 1. The van der Waals surface area contributed by atoms with Gasteiger partial charge in [0.2, 0.25) is 5.91 Å². The Balaban J connectivity index is 1.86. The zero-order valence-corrected chi connectivity index (χ0v) is 9.56. The summed E-state index contributed by atoms with van der Waals surface area (Å²) < 4.78 is 0. The number of rotatable bonds is 3. The van der Waals surface area contributed by atoms with E-state index in [0.717, 1.165) is 24.6 Å². The second kappa shape index (κ2) is 3.26. The first-order valence-corrected chi connectivity index (χ1v) is 6.17. The third kappa shape index (κ3) is 1.76. The standard InChI is InChI=1S/C10H16BrNO/c1-7-5-8(7)9(13)12-10(6-11)3-2-4-10/h7-8H,2-6H2,1H3,(H,12,13). The van der Waals surface area contributed by atoms with Gasteiger partial charge in [-0.3, -0.25) is 4.79 Å². The van der Waals surface area contributed by atoms with Crippen LogP contribution in [0.25, 0.3) is 0 Å². The highest BCUT2D eigenvalue weighted by Crippen LogP contribution is 2.40. The first-order chi connectivity index (χ1) is 6.17. The average molecular weight is 246 g/mol. The van der Waals surface area contributed by atoms with Gasteiger partial charge in [-0.25, -0.2) is 0 Å². The minimum Gasteiger partial charge on any atom is -0.350 e. The summed E-state index contributed by atoms with van der Waals surface area (Å²) in [5.41, 5.74) is 0.111. The van der Waals surface area contributed by atoms with Gasteiger partial charge in [0.25, 0.3) is 0 Å². The molecule has 0 spiro atoms.